The Labute approximate surface area is 140 Å². The number of aromatic nitrogens is 2. The van der Waals surface area contributed by atoms with Gasteiger partial charge in [0.25, 0.3) is 15.9 Å². The van der Waals surface area contributed by atoms with Crippen LogP contribution >= 0.6 is 0 Å². The summed E-state index contributed by atoms with van der Waals surface area (Å²) in [5.41, 5.74) is 1.09. The second kappa shape index (κ2) is 7.06. The Morgan fingerprint density at radius 1 is 1.25 bits per heavy atom. The first kappa shape index (κ1) is 16.5. The zero-order chi connectivity index (χ0) is 17.0. The number of nitrogens with zero attached hydrogens (tertiary/aromatic N) is 3. The summed E-state index contributed by atoms with van der Waals surface area (Å²) in [7, 11) is -3.99. The Morgan fingerprint density at radius 2 is 2.04 bits per heavy atom. The molecule has 1 atom stereocenters. The van der Waals surface area contributed by atoms with E-state index in [2.05, 4.69) is 14.7 Å². The molecule has 8 heteroatoms. The minimum absolute atomic E-state index is 0.258. The second-order valence-electron chi connectivity index (χ2n) is 5.63. The number of carbonyl (C=O) groups excluding carboxylic acids is 1. The lowest BCUT2D eigenvalue weighted by Gasteiger charge is -2.23. The van der Waals surface area contributed by atoms with Crippen LogP contribution in [-0.4, -0.2) is 41.8 Å². The molecule has 0 bridgehead atoms. The molecule has 0 radical (unpaired) electrons. The van der Waals surface area contributed by atoms with Crippen LogP contribution in [0.1, 0.15) is 18.4 Å². The predicted octanol–water partition coefficient (Wildman–Crippen LogP) is 0.946. The van der Waals surface area contributed by atoms with Gasteiger partial charge in [0.05, 0.1) is 12.2 Å². The molecule has 1 aromatic heterocycles. The van der Waals surface area contributed by atoms with Crippen LogP contribution in [-0.2, 0) is 21.4 Å². The van der Waals surface area contributed by atoms with E-state index in [0.29, 0.717) is 13.0 Å². The van der Waals surface area contributed by atoms with E-state index in [-0.39, 0.29) is 5.03 Å². The molecule has 0 saturated carbocycles. The monoisotopic (exact) mass is 346 g/mol. The third kappa shape index (κ3) is 3.77. The van der Waals surface area contributed by atoms with Crippen LogP contribution in [0.15, 0.2) is 53.9 Å². The predicted molar refractivity (Wildman–Crippen MR) is 87.2 cm³/mol. The van der Waals surface area contributed by atoms with Crippen molar-refractivity contribution >= 4 is 15.9 Å². The van der Waals surface area contributed by atoms with E-state index in [0.717, 1.165) is 24.7 Å². The minimum Gasteiger partial charge on any atom is -0.288 e. The summed E-state index contributed by atoms with van der Waals surface area (Å²) in [6.45, 7) is 1.38. The summed E-state index contributed by atoms with van der Waals surface area (Å²) in [5, 5.41) is -0.258. The number of carbonyl (C=O) groups is 1. The fourth-order valence-corrected chi connectivity index (χ4v) is 3.71. The smallest absolute Gasteiger partial charge is 0.283 e. The lowest BCUT2D eigenvalue weighted by molar-refractivity contribution is -0.123. The first-order valence-corrected chi connectivity index (χ1v) is 9.15. The Balaban J connectivity index is 1.70. The van der Waals surface area contributed by atoms with Crippen molar-refractivity contribution in [2.75, 3.05) is 6.54 Å². The van der Waals surface area contributed by atoms with Crippen molar-refractivity contribution in [1.82, 2.24) is 19.6 Å². The van der Waals surface area contributed by atoms with Gasteiger partial charge in [-0.1, -0.05) is 30.3 Å². The highest BCUT2D eigenvalue weighted by molar-refractivity contribution is 7.90. The maximum atomic E-state index is 12.5. The third-order valence-electron chi connectivity index (χ3n) is 3.94. The summed E-state index contributed by atoms with van der Waals surface area (Å²) in [6, 6.07) is 9.34. The number of sulfonamides is 1. The maximum absolute atomic E-state index is 12.5. The molecule has 2 aromatic rings. The first-order chi connectivity index (χ1) is 11.6. The Bertz CT molecular complexity index is 797. The van der Waals surface area contributed by atoms with Gasteiger partial charge >= 0.3 is 0 Å². The van der Waals surface area contributed by atoms with Gasteiger partial charge in [-0.15, -0.1) is 0 Å². The van der Waals surface area contributed by atoms with Gasteiger partial charge in [0.1, 0.15) is 0 Å². The highest BCUT2D eigenvalue weighted by atomic mass is 32.2. The molecule has 7 nitrogen and oxygen atoms in total. The molecule has 1 unspecified atom stereocenters. The lowest BCUT2D eigenvalue weighted by atomic mass is 10.2. The zero-order valence-corrected chi connectivity index (χ0v) is 13.8. The van der Waals surface area contributed by atoms with E-state index in [1.807, 2.05) is 35.2 Å². The van der Waals surface area contributed by atoms with Gasteiger partial charge in [0.2, 0.25) is 0 Å². The van der Waals surface area contributed by atoms with E-state index in [9.17, 15) is 13.2 Å². The van der Waals surface area contributed by atoms with Gasteiger partial charge in [-0.25, -0.2) is 9.71 Å². The molecule has 1 saturated heterocycles. The number of hydrogen-bond donors (Lipinski definition) is 1. The van der Waals surface area contributed by atoms with Crippen molar-refractivity contribution in [3.8, 4) is 0 Å². The molecule has 3 rings (SSSR count). The highest BCUT2D eigenvalue weighted by Crippen LogP contribution is 2.20. The van der Waals surface area contributed by atoms with E-state index in [1.165, 1.54) is 12.4 Å². The normalized spacial score (nSPS) is 18.4. The summed E-state index contributed by atoms with van der Waals surface area (Å²) in [5.74, 6) is -0.519. The summed E-state index contributed by atoms with van der Waals surface area (Å²) in [4.78, 5) is 21.9. The summed E-state index contributed by atoms with van der Waals surface area (Å²) < 4.78 is 26.5. The largest absolute Gasteiger partial charge is 0.288 e. The maximum Gasteiger partial charge on any atom is 0.283 e. The molecular weight excluding hydrogens is 328 g/mol. The first-order valence-electron chi connectivity index (χ1n) is 7.67. The molecule has 24 heavy (non-hydrogen) atoms. The number of likely N-dealkylation sites (tertiary alicyclic amines) is 1. The fourth-order valence-electron chi connectivity index (χ4n) is 2.81. The topological polar surface area (TPSA) is 92.3 Å². The molecule has 0 spiro atoms. The molecule has 1 fully saturated rings. The van der Waals surface area contributed by atoms with Crippen LogP contribution < -0.4 is 4.72 Å². The number of amides is 1. The van der Waals surface area contributed by atoms with Gasteiger partial charge in [0.15, 0.2) is 5.03 Å². The average Bonchev–Trinajstić information content (AvgIpc) is 3.04. The Kier molecular flexibility index (Phi) is 4.86. The molecular formula is C16H18N4O3S. The van der Waals surface area contributed by atoms with Crippen LogP contribution in [0, 0.1) is 0 Å². The van der Waals surface area contributed by atoms with Gasteiger partial charge in [0, 0.05) is 18.9 Å². The van der Waals surface area contributed by atoms with Crippen molar-refractivity contribution in [1.29, 1.82) is 0 Å². The molecule has 1 aliphatic heterocycles. The molecule has 2 heterocycles. The molecule has 1 N–H and O–H groups in total. The van der Waals surface area contributed by atoms with E-state index >= 15 is 0 Å². The number of hydrogen-bond acceptors (Lipinski definition) is 6. The molecule has 1 aliphatic rings. The van der Waals surface area contributed by atoms with Crippen LogP contribution in [0.3, 0.4) is 0 Å². The van der Waals surface area contributed by atoms with Gasteiger partial charge in [-0.05, 0) is 24.9 Å². The Hall–Kier alpha value is -2.32. The lowest BCUT2D eigenvalue weighted by Crippen LogP contribution is -2.45. The fraction of sp³-hybridized carbons (Fsp3) is 0.312. The standard InChI is InChI=1S/C16H18N4O3S/c21-16(19-24(22,23)15-11-17-8-9-18-15)14-7-4-10-20(14)12-13-5-2-1-3-6-13/h1-3,5-6,8-9,11,14H,4,7,10,12H2,(H,19,21). The molecule has 126 valence electrons. The van der Waals surface area contributed by atoms with Crippen LogP contribution in [0.5, 0.6) is 0 Å². The number of nitrogens with one attached hydrogen (secondary N) is 1. The molecule has 1 aromatic carbocycles. The van der Waals surface area contributed by atoms with Gasteiger partial charge in [-0.2, -0.15) is 8.42 Å². The van der Waals surface area contributed by atoms with Crippen LogP contribution in [0.2, 0.25) is 0 Å². The SMILES string of the molecule is O=C(NS(=O)(=O)c1cnccn1)C1CCCN1Cc1ccccc1. The zero-order valence-electron chi connectivity index (χ0n) is 13.0. The van der Waals surface area contributed by atoms with Crippen molar-refractivity contribution in [3.63, 3.8) is 0 Å². The summed E-state index contributed by atoms with van der Waals surface area (Å²) in [6.07, 6.45) is 5.26. The number of rotatable bonds is 5. The van der Waals surface area contributed by atoms with Crippen LogP contribution in [0.25, 0.3) is 0 Å². The summed E-state index contributed by atoms with van der Waals surface area (Å²) >= 11 is 0. The van der Waals surface area contributed by atoms with Gasteiger partial charge in [-0.3, -0.25) is 14.7 Å². The second-order valence-corrected chi connectivity index (χ2v) is 7.26. The quantitative estimate of drug-likeness (QED) is 0.866. The minimum atomic E-state index is -3.99. The molecule has 0 aliphatic carbocycles. The van der Waals surface area contributed by atoms with Crippen molar-refractivity contribution in [3.05, 3.63) is 54.5 Å². The average molecular weight is 346 g/mol. The van der Waals surface area contributed by atoms with Crippen molar-refractivity contribution in [2.24, 2.45) is 0 Å². The highest BCUT2D eigenvalue weighted by Gasteiger charge is 2.33. The van der Waals surface area contributed by atoms with Crippen LogP contribution in [0.4, 0.5) is 0 Å². The van der Waals surface area contributed by atoms with E-state index in [4.69, 9.17) is 0 Å². The van der Waals surface area contributed by atoms with Crippen molar-refractivity contribution < 1.29 is 13.2 Å². The van der Waals surface area contributed by atoms with E-state index < -0.39 is 22.0 Å². The molecule has 1 amide bonds. The van der Waals surface area contributed by atoms with Gasteiger partial charge < -0.3 is 0 Å². The van der Waals surface area contributed by atoms with Crippen molar-refractivity contribution in [2.45, 2.75) is 30.5 Å². The number of benzene rings is 1. The van der Waals surface area contributed by atoms with E-state index in [1.54, 1.807) is 0 Å². The Morgan fingerprint density at radius 3 is 2.75 bits per heavy atom. The third-order valence-corrected chi connectivity index (χ3v) is 5.18.